The van der Waals surface area contributed by atoms with Crippen molar-refractivity contribution in [3.05, 3.63) is 20.8 Å². The minimum atomic E-state index is -3.05. The first-order valence-electron chi connectivity index (χ1n) is 10.9. The second-order valence-corrected chi connectivity index (χ2v) is 12.8. The summed E-state index contributed by atoms with van der Waals surface area (Å²) in [5, 5.41) is 1.32. The Balaban J connectivity index is 1.58. The Labute approximate surface area is 191 Å². The average Bonchev–Trinajstić information content (AvgIpc) is 3.25. The lowest BCUT2D eigenvalue weighted by atomic mass is 9.89. The molecule has 1 saturated heterocycles. The van der Waals surface area contributed by atoms with Crippen LogP contribution in [0.3, 0.4) is 0 Å². The van der Waals surface area contributed by atoms with Crippen LogP contribution in [0.2, 0.25) is 0 Å². The summed E-state index contributed by atoms with van der Waals surface area (Å²) in [6, 6.07) is -0.252. The molecule has 2 aromatic rings. The van der Waals surface area contributed by atoms with Gasteiger partial charge in [0.2, 0.25) is 5.91 Å². The molecule has 1 amide bonds. The molecule has 0 bridgehead atoms. The standard InChI is InChI=1S/C21H29N3O4S3/c1-4-23(14-8-9-31(27,28)12-14)17(25)11-29-21-22-19-18(20(26)24(21)5-2)15-7-6-13(3)10-16(15)30-19/h13-14H,4-12H2,1-3H3. The van der Waals surface area contributed by atoms with Crippen LogP contribution in [0.1, 0.15) is 44.1 Å². The number of aryl methyl sites for hydroxylation is 1. The van der Waals surface area contributed by atoms with Crippen molar-refractivity contribution in [2.45, 2.75) is 64.2 Å². The molecule has 7 nitrogen and oxygen atoms in total. The molecule has 0 N–H and O–H groups in total. The number of hydrogen-bond acceptors (Lipinski definition) is 7. The van der Waals surface area contributed by atoms with Crippen molar-refractivity contribution in [2.24, 2.45) is 5.92 Å². The van der Waals surface area contributed by atoms with Crippen LogP contribution in [0.4, 0.5) is 0 Å². The number of aromatic nitrogens is 2. The maximum Gasteiger partial charge on any atom is 0.263 e. The zero-order valence-electron chi connectivity index (χ0n) is 18.2. The van der Waals surface area contributed by atoms with Crippen molar-refractivity contribution in [2.75, 3.05) is 23.8 Å². The molecule has 3 heterocycles. The van der Waals surface area contributed by atoms with Crippen LogP contribution in [0, 0.1) is 5.92 Å². The van der Waals surface area contributed by atoms with Gasteiger partial charge in [0.15, 0.2) is 15.0 Å². The van der Waals surface area contributed by atoms with Gasteiger partial charge in [0.1, 0.15) is 4.83 Å². The fraction of sp³-hybridized carbons (Fsp3) is 0.667. The molecule has 1 aliphatic carbocycles. The molecular weight excluding hydrogens is 454 g/mol. The summed E-state index contributed by atoms with van der Waals surface area (Å²) in [6.07, 6.45) is 3.52. The van der Waals surface area contributed by atoms with Gasteiger partial charge in [0.05, 0.1) is 22.6 Å². The van der Waals surface area contributed by atoms with Crippen molar-refractivity contribution in [3.63, 3.8) is 0 Å². The topological polar surface area (TPSA) is 89.3 Å². The van der Waals surface area contributed by atoms with Gasteiger partial charge in [-0.15, -0.1) is 11.3 Å². The second kappa shape index (κ2) is 8.86. The number of hydrogen-bond donors (Lipinski definition) is 0. The fourth-order valence-corrected chi connectivity index (χ4v) is 8.77. The van der Waals surface area contributed by atoms with Crippen LogP contribution in [0.25, 0.3) is 10.2 Å². The maximum absolute atomic E-state index is 13.3. The first-order chi connectivity index (χ1) is 14.7. The summed E-state index contributed by atoms with van der Waals surface area (Å²) in [5.41, 5.74) is 1.16. The van der Waals surface area contributed by atoms with Gasteiger partial charge in [-0.3, -0.25) is 14.2 Å². The Bertz CT molecular complexity index is 1170. The third-order valence-corrected chi connectivity index (χ3v) is 10.2. The highest BCUT2D eigenvalue weighted by Gasteiger charge is 2.34. The van der Waals surface area contributed by atoms with E-state index in [1.165, 1.54) is 22.2 Å². The zero-order valence-corrected chi connectivity index (χ0v) is 20.7. The first kappa shape index (κ1) is 22.8. The van der Waals surface area contributed by atoms with Gasteiger partial charge >= 0.3 is 0 Å². The lowest BCUT2D eigenvalue weighted by Gasteiger charge is -2.26. The number of nitrogens with zero attached hydrogens (tertiary/aromatic N) is 3. The average molecular weight is 484 g/mol. The Hall–Kier alpha value is -1.39. The van der Waals surface area contributed by atoms with Crippen LogP contribution in [0.15, 0.2) is 9.95 Å². The number of rotatable bonds is 6. The Kier molecular flexibility index (Phi) is 6.52. The van der Waals surface area contributed by atoms with Crippen LogP contribution in [-0.2, 0) is 34.0 Å². The quantitative estimate of drug-likeness (QED) is 0.464. The van der Waals surface area contributed by atoms with Crippen molar-refractivity contribution >= 4 is 49.1 Å². The summed E-state index contributed by atoms with van der Waals surface area (Å²) in [6.45, 7) is 7.01. The molecular formula is C21H29N3O4S3. The number of amides is 1. The second-order valence-electron chi connectivity index (χ2n) is 8.50. The van der Waals surface area contributed by atoms with Gasteiger partial charge in [-0.25, -0.2) is 13.4 Å². The molecule has 0 aromatic carbocycles. The van der Waals surface area contributed by atoms with Crippen molar-refractivity contribution in [1.29, 1.82) is 0 Å². The number of thiophene rings is 1. The third-order valence-electron chi connectivity index (χ3n) is 6.33. The summed E-state index contributed by atoms with van der Waals surface area (Å²) in [7, 11) is -3.05. The van der Waals surface area contributed by atoms with E-state index < -0.39 is 9.84 Å². The zero-order chi connectivity index (χ0) is 22.3. The smallest absolute Gasteiger partial charge is 0.263 e. The third kappa shape index (κ3) is 4.43. The van der Waals surface area contributed by atoms with E-state index in [-0.39, 0.29) is 34.8 Å². The van der Waals surface area contributed by atoms with E-state index in [0.29, 0.717) is 30.6 Å². The normalized spacial score (nSPS) is 22.5. The highest BCUT2D eigenvalue weighted by atomic mass is 32.2. The molecule has 2 unspecified atom stereocenters. The van der Waals surface area contributed by atoms with Crippen LogP contribution in [-0.4, -0.2) is 58.6 Å². The van der Waals surface area contributed by atoms with Crippen molar-refractivity contribution in [3.8, 4) is 0 Å². The van der Waals surface area contributed by atoms with Gasteiger partial charge in [-0.2, -0.15) is 0 Å². The van der Waals surface area contributed by atoms with E-state index in [1.807, 2.05) is 13.8 Å². The van der Waals surface area contributed by atoms with Gasteiger partial charge < -0.3 is 4.90 Å². The molecule has 0 spiro atoms. The predicted molar refractivity (Wildman–Crippen MR) is 126 cm³/mol. The van der Waals surface area contributed by atoms with E-state index >= 15 is 0 Å². The minimum absolute atomic E-state index is 0.0104. The SMILES string of the molecule is CCN(C(=O)CSc1nc2sc3c(c2c(=O)n1CC)CCC(C)C3)C1CCS(=O)(=O)C1. The van der Waals surface area contributed by atoms with Crippen molar-refractivity contribution in [1.82, 2.24) is 14.5 Å². The number of carbonyl (C=O) groups is 1. The first-order valence-corrected chi connectivity index (χ1v) is 14.5. The highest BCUT2D eigenvalue weighted by Crippen LogP contribution is 2.36. The fourth-order valence-electron chi connectivity index (χ4n) is 4.66. The number of thioether (sulfide) groups is 1. The van der Waals surface area contributed by atoms with Crippen LogP contribution >= 0.6 is 23.1 Å². The van der Waals surface area contributed by atoms with E-state index in [0.717, 1.165) is 29.5 Å². The molecule has 2 atom stereocenters. The van der Waals surface area contributed by atoms with E-state index in [2.05, 4.69) is 6.92 Å². The molecule has 4 rings (SSSR count). The predicted octanol–water partition coefficient (Wildman–Crippen LogP) is 2.73. The molecule has 2 aromatic heterocycles. The minimum Gasteiger partial charge on any atom is -0.338 e. The van der Waals surface area contributed by atoms with Crippen LogP contribution in [0.5, 0.6) is 0 Å². The van der Waals surface area contributed by atoms with Gasteiger partial charge in [0.25, 0.3) is 5.56 Å². The molecule has 2 aliphatic rings. The largest absolute Gasteiger partial charge is 0.338 e. The molecule has 170 valence electrons. The van der Waals surface area contributed by atoms with E-state index in [4.69, 9.17) is 4.98 Å². The van der Waals surface area contributed by atoms with Gasteiger partial charge in [-0.1, -0.05) is 18.7 Å². The van der Waals surface area contributed by atoms with Crippen molar-refractivity contribution < 1.29 is 13.2 Å². The molecule has 1 aliphatic heterocycles. The maximum atomic E-state index is 13.3. The van der Waals surface area contributed by atoms with Gasteiger partial charge in [-0.05, 0) is 51.0 Å². The number of sulfone groups is 1. The van der Waals surface area contributed by atoms with E-state index in [1.54, 1.807) is 20.8 Å². The monoisotopic (exact) mass is 483 g/mol. The number of carbonyl (C=O) groups excluding carboxylic acids is 1. The molecule has 1 fully saturated rings. The lowest BCUT2D eigenvalue weighted by molar-refractivity contribution is -0.129. The number of fused-ring (bicyclic) bond motifs is 3. The van der Waals surface area contributed by atoms with Crippen LogP contribution < -0.4 is 5.56 Å². The molecule has 31 heavy (non-hydrogen) atoms. The summed E-state index contributed by atoms with van der Waals surface area (Å²) >= 11 is 2.89. The molecule has 0 radical (unpaired) electrons. The van der Waals surface area contributed by atoms with E-state index in [9.17, 15) is 18.0 Å². The summed E-state index contributed by atoms with van der Waals surface area (Å²) in [4.78, 5) is 34.7. The highest BCUT2D eigenvalue weighted by molar-refractivity contribution is 7.99. The Morgan fingerprint density at radius 1 is 1.32 bits per heavy atom. The Morgan fingerprint density at radius 3 is 2.74 bits per heavy atom. The summed E-state index contributed by atoms with van der Waals surface area (Å²) < 4.78 is 25.3. The van der Waals surface area contributed by atoms with Gasteiger partial charge in [0, 0.05) is 24.0 Å². The Morgan fingerprint density at radius 2 is 2.10 bits per heavy atom. The summed E-state index contributed by atoms with van der Waals surface area (Å²) in [5.74, 6) is 0.847. The molecule has 0 saturated carbocycles. The lowest BCUT2D eigenvalue weighted by Crippen LogP contribution is -2.42. The molecule has 10 heteroatoms.